The highest BCUT2D eigenvalue weighted by atomic mass is 16.2. The maximum atomic E-state index is 12.5. The summed E-state index contributed by atoms with van der Waals surface area (Å²) in [6.45, 7) is 2.76. The van der Waals surface area contributed by atoms with Gasteiger partial charge in [-0.2, -0.15) is 5.10 Å². The lowest BCUT2D eigenvalue weighted by atomic mass is 9.77. The first kappa shape index (κ1) is 25.0. The summed E-state index contributed by atoms with van der Waals surface area (Å²) in [5.41, 5.74) is 4.84. The average molecular weight is 527 g/mol. The number of piperidine rings is 1. The largest absolute Gasteiger partial charge is 0.385 e. The zero-order valence-corrected chi connectivity index (χ0v) is 21.7. The lowest BCUT2D eigenvalue weighted by Crippen LogP contribution is -2.40. The molecule has 3 aliphatic rings. The molecule has 10 heteroatoms. The normalized spacial score (nSPS) is 22.2. The highest BCUT2D eigenvalue weighted by Crippen LogP contribution is 2.41. The van der Waals surface area contributed by atoms with Crippen LogP contribution in [-0.2, 0) is 9.59 Å². The molecule has 1 saturated heterocycles. The minimum atomic E-state index is -0.647. The standard InChI is InChI=1S/C29H30N6O4/c1-16-4-2-9-31-26(16)18-14-32-35(15-18)20-10-17(11-20)5-3-8-30-19-12-22(21-6-7-24(36)33-27(21)37)25-23(13-19)28(38)34-29(25)39/h2,4,9,12-15,17,20-21,30H,3,5-8,10-11H2,1H3,(H,33,36,37)(H,34,38,39). The highest BCUT2D eigenvalue weighted by molar-refractivity contribution is 6.23. The molecule has 4 amide bonds. The van der Waals surface area contributed by atoms with E-state index in [4.69, 9.17) is 0 Å². The Morgan fingerprint density at radius 3 is 2.74 bits per heavy atom. The molecular formula is C29H30N6O4. The number of amides is 4. The fourth-order valence-corrected chi connectivity index (χ4v) is 5.92. The fourth-order valence-electron chi connectivity index (χ4n) is 5.92. The van der Waals surface area contributed by atoms with Crippen molar-refractivity contribution < 1.29 is 19.2 Å². The molecule has 3 aromatic rings. The summed E-state index contributed by atoms with van der Waals surface area (Å²) >= 11 is 0. The van der Waals surface area contributed by atoms with Gasteiger partial charge in [0.1, 0.15) is 0 Å². The van der Waals surface area contributed by atoms with Crippen LogP contribution < -0.4 is 16.0 Å². The number of pyridine rings is 1. The summed E-state index contributed by atoms with van der Waals surface area (Å²) in [6.07, 6.45) is 10.5. The van der Waals surface area contributed by atoms with E-state index in [1.807, 2.05) is 12.3 Å². The van der Waals surface area contributed by atoms with Gasteiger partial charge in [0.15, 0.2) is 0 Å². The van der Waals surface area contributed by atoms with E-state index in [-0.39, 0.29) is 23.5 Å². The third-order valence-corrected chi connectivity index (χ3v) is 8.07. The summed E-state index contributed by atoms with van der Waals surface area (Å²) in [5.74, 6) is -1.74. The van der Waals surface area contributed by atoms with E-state index in [2.05, 4.69) is 49.9 Å². The second kappa shape index (κ2) is 10.1. The number of nitrogens with zero attached hydrogens (tertiary/aromatic N) is 3. The number of rotatable bonds is 8. The topological polar surface area (TPSA) is 135 Å². The Morgan fingerprint density at radius 2 is 1.95 bits per heavy atom. The van der Waals surface area contributed by atoms with Gasteiger partial charge in [0, 0.05) is 36.6 Å². The fraction of sp³-hybridized carbons (Fsp3) is 0.379. The predicted molar refractivity (Wildman–Crippen MR) is 143 cm³/mol. The maximum absolute atomic E-state index is 12.5. The zero-order valence-electron chi connectivity index (χ0n) is 21.7. The molecule has 39 heavy (non-hydrogen) atoms. The number of carbonyl (C=O) groups is 4. The molecule has 3 N–H and O–H groups in total. The van der Waals surface area contributed by atoms with Crippen LogP contribution in [0.5, 0.6) is 0 Å². The van der Waals surface area contributed by atoms with Gasteiger partial charge >= 0.3 is 0 Å². The van der Waals surface area contributed by atoms with Crippen molar-refractivity contribution in [1.82, 2.24) is 25.4 Å². The van der Waals surface area contributed by atoms with Crippen LogP contribution in [0.3, 0.4) is 0 Å². The second-order valence-electron chi connectivity index (χ2n) is 10.7. The molecule has 6 rings (SSSR count). The molecule has 1 atom stereocenters. The molecule has 200 valence electrons. The van der Waals surface area contributed by atoms with Gasteiger partial charge in [0.05, 0.1) is 35.0 Å². The minimum Gasteiger partial charge on any atom is -0.385 e. The third kappa shape index (κ3) is 4.82. The van der Waals surface area contributed by atoms with Crippen molar-refractivity contribution in [2.45, 2.75) is 57.4 Å². The van der Waals surface area contributed by atoms with Crippen LogP contribution in [0.4, 0.5) is 5.69 Å². The van der Waals surface area contributed by atoms with Crippen molar-refractivity contribution in [3.05, 3.63) is 65.1 Å². The van der Waals surface area contributed by atoms with Crippen LogP contribution in [0.1, 0.15) is 82.3 Å². The van der Waals surface area contributed by atoms with E-state index >= 15 is 0 Å². The molecule has 4 heterocycles. The van der Waals surface area contributed by atoms with E-state index < -0.39 is 23.6 Å². The molecule has 0 bridgehead atoms. The number of aryl methyl sites for hydroxylation is 1. The number of carbonyl (C=O) groups excluding carboxylic acids is 4. The lowest BCUT2D eigenvalue weighted by molar-refractivity contribution is -0.134. The van der Waals surface area contributed by atoms with Gasteiger partial charge in [-0.15, -0.1) is 0 Å². The van der Waals surface area contributed by atoms with Crippen LogP contribution in [0.2, 0.25) is 0 Å². The van der Waals surface area contributed by atoms with Gasteiger partial charge in [-0.25, -0.2) is 0 Å². The Kier molecular flexibility index (Phi) is 6.46. The van der Waals surface area contributed by atoms with Crippen molar-refractivity contribution in [2.75, 3.05) is 11.9 Å². The van der Waals surface area contributed by atoms with Crippen LogP contribution in [0, 0.1) is 12.8 Å². The molecule has 0 radical (unpaired) electrons. The lowest BCUT2D eigenvalue weighted by Gasteiger charge is -2.35. The van der Waals surface area contributed by atoms with E-state index in [0.717, 1.165) is 42.5 Å². The average Bonchev–Trinajstić information content (AvgIpc) is 3.47. The van der Waals surface area contributed by atoms with Crippen LogP contribution in [0.15, 0.2) is 42.9 Å². The first-order chi connectivity index (χ1) is 18.9. The molecule has 1 unspecified atom stereocenters. The van der Waals surface area contributed by atoms with E-state index in [0.29, 0.717) is 36.2 Å². The third-order valence-electron chi connectivity index (χ3n) is 8.07. The molecule has 0 spiro atoms. The summed E-state index contributed by atoms with van der Waals surface area (Å²) in [7, 11) is 0. The first-order valence-corrected chi connectivity index (χ1v) is 13.4. The number of fused-ring (bicyclic) bond motifs is 1. The maximum Gasteiger partial charge on any atom is 0.259 e. The van der Waals surface area contributed by atoms with Gasteiger partial charge in [0.25, 0.3) is 11.8 Å². The Bertz CT molecular complexity index is 1490. The summed E-state index contributed by atoms with van der Waals surface area (Å²) < 4.78 is 2.06. The van der Waals surface area contributed by atoms with E-state index in [1.165, 1.54) is 0 Å². The predicted octanol–water partition coefficient (Wildman–Crippen LogP) is 3.50. The number of hydrogen-bond donors (Lipinski definition) is 3. The summed E-state index contributed by atoms with van der Waals surface area (Å²) in [5, 5.41) is 12.6. The van der Waals surface area contributed by atoms with Gasteiger partial charge in [0.2, 0.25) is 11.8 Å². The number of nitrogens with one attached hydrogen (secondary N) is 3. The van der Waals surface area contributed by atoms with Crippen LogP contribution in [0.25, 0.3) is 11.3 Å². The molecular weight excluding hydrogens is 496 g/mol. The SMILES string of the molecule is Cc1cccnc1-c1cnn(C2CC(CCCNc3cc4c(c(C5CCC(=O)NC5=O)c3)C(=O)NC4=O)C2)c1. The Labute approximate surface area is 225 Å². The number of aromatic nitrogens is 3. The molecule has 1 saturated carbocycles. The van der Waals surface area contributed by atoms with Gasteiger partial charge in [-0.05, 0) is 74.3 Å². The van der Waals surface area contributed by atoms with Crippen molar-refractivity contribution in [3.63, 3.8) is 0 Å². The summed E-state index contributed by atoms with van der Waals surface area (Å²) in [4.78, 5) is 53.5. The summed E-state index contributed by atoms with van der Waals surface area (Å²) in [6, 6.07) is 7.84. The molecule has 10 nitrogen and oxygen atoms in total. The van der Waals surface area contributed by atoms with E-state index in [1.54, 1.807) is 18.3 Å². The second-order valence-corrected chi connectivity index (χ2v) is 10.7. The molecule has 2 fully saturated rings. The highest BCUT2D eigenvalue weighted by Gasteiger charge is 2.37. The van der Waals surface area contributed by atoms with E-state index in [9.17, 15) is 19.2 Å². The Balaban J connectivity index is 1.04. The van der Waals surface area contributed by atoms with Crippen LogP contribution in [-0.4, -0.2) is 44.9 Å². The number of imide groups is 2. The monoisotopic (exact) mass is 526 g/mol. The zero-order chi connectivity index (χ0) is 27.1. The molecule has 2 aromatic heterocycles. The number of benzene rings is 1. The quantitative estimate of drug-likeness (QED) is 0.302. The first-order valence-electron chi connectivity index (χ1n) is 13.4. The smallest absolute Gasteiger partial charge is 0.259 e. The minimum absolute atomic E-state index is 0.198. The van der Waals surface area contributed by atoms with Gasteiger partial charge < -0.3 is 5.32 Å². The molecule has 1 aliphatic carbocycles. The molecule has 2 aliphatic heterocycles. The Morgan fingerprint density at radius 1 is 1.10 bits per heavy atom. The van der Waals surface area contributed by atoms with Crippen molar-refractivity contribution in [2.24, 2.45) is 5.92 Å². The van der Waals surface area contributed by atoms with Gasteiger partial charge in [-0.3, -0.25) is 39.5 Å². The van der Waals surface area contributed by atoms with Gasteiger partial charge in [-0.1, -0.05) is 6.07 Å². The Hall–Kier alpha value is -4.34. The number of anilines is 1. The van der Waals surface area contributed by atoms with Crippen LogP contribution >= 0.6 is 0 Å². The van der Waals surface area contributed by atoms with Crippen molar-refractivity contribution in [1.29, 1.82) is 0 Å². The molecule has 1 aromatic carbocycles. The van der Waals surface area contributed by atoms with Crippen molar-refractivity contribution >= 4 is 29.3 Å². The van der Waals surface area contributed by atoms with Crippen molar-refractivity contribution in [3.8, 4) is 11.3 Å². The number of hydrogen-bond acceptors (Lipinski definition) is 7.